The van der Waals surface area contributed by atoms with Gasteiger partial charge in [-0.2, -0.15) is 0 Å². The van der Waals surface area contributed by atoms with Crippen molar-refractivity contribution in [1.82, 2.24) is 9.97 Å². The lowest BCUT2D eigenvalue weighted by Gasteiger charge is -2.15. The van der Waals surface area contributed by atoms with Crippen LogP contribution in [-0.2, 0) is 35.6 Å². The van der Waals surface area contributed by atoms with Crippen LogP contribution >= 0.6 is 0 Å². The van der Waals surface area contributed by atoms with Crippen molar-refractivity contribution in [3.63, 3.8) is 0 Å². The number of hydrogen-bond acceptors (Lipinski definition) is 8. The second kappa shape index (κ2) is 10.2. The lowest BCUT2D eigenvalue weighted by molar-refractivity contribution is -0.142. The Hall–Kier alpha value is -3.40. The van der Waals surface area contributed by atoms with Crippen LogP contribution in [0.1, 0.15) is 74.6 Å². The molecule has 0 bridgehead atoms. The zero-order valence-corrected chi connectivity index (χ0v) is 21.4. The van der Waals surface area contributed by atoms with Gasteiger partial charge in [-0.1, -0.05) is 12.1 Å². The molecule has 0 aliphatic heterocycles. The number of allylic oxidation sites excluding steroid dienone is 1. The molecule has 3 aliphatic rings. The van der Waals surface area contributed by atoms with Crippen molar-refractivity contribution in [3.05, 3.63) is 53.5 Å². The molecule has 1 N–H and O–H groups in total. The molecule has 3 saturated carbocycles. The Labute approximate surface area is 215 Å². The Morgan fingerprint density at radius 1 is 1.11 bits per heavy atom. The SMILES string of the molecule is CC(=O)OCc1cnc(NC(=O)/C(=C/C2CCC(=O)C2)c2ccc(S(=O)(=O)C3CC3)c(C3CC3)c2)cn1. The number of esters is 1. The van der Waals surface area contributed by atoms with Gasteiger partial charge in [0.2, 0.25) is 0 Å². The van der Waals surface area contributed by atoms with Crippen molar-refractivity contribution in [2.24, 2.45) is 5.92 Å². The molecule has 5 rings (SSSR count). The first-order chi connectivity index (χ1) is 17.7. The van der Waals surface area contributed by atoms with Crippen molar-refractivity contribution < 1.29 is 27.5 Å². The minimum Gasteiger partial charge on any atom is -0.459 e. The molecule has 0 radical (unpaired) electrons. The molecule has 1 amide bonds. The third-order valence-electron chi connectivity index (χ3n) is 6.91. The third-order valence-corrected chi connectivity index (χ3v) is 9.24. The summed E-state index contributed by atoms with van der Waals surface area (Å²) in [7, 11) is -3.37. The maximum atomic E-state index is 13.5. The maximum absolute atomic E-state index is 13.5. The summed E-state index contributed by atoms with van der Waals surface area (Å²) < 4.78 is 31.0. The number of nitrogens with zero attached hydrogens (tertiary/aromatic N) is 2. The van der Waals surface area contributed by atoms with Gasteiger partial charge in [-0.05, 0) is 67.2 Å². The molecule has 2 aromatic rings. The summed E-state index contributed by atoms with van der Waals surface area (Å²) in [4.78, 5) is 45.1. The predicted octanol–water partition coefficient (Wildman–Crippen LogP) is 3.74. The Bertz CT molecular complexity index is 1380. The molecule has 10 heteroatoms. The van der Waals surface area contributed by atoms with Crippen LogP contribution in [0.15, 0.2) is 41.6 Å². The summed E-state index contributed by atoms with van der Waals surface area (Å²) in [5.41, 5.74) is 2.21. The average Bonchev–Trinajstić information content (AvgIpc) is 3.79. The molecular formula is C27H29N3O6S. The quantitative estimate of drug-likeness (QED) is 0.388. The van der Waals surface area contributed by atoms with Crippen molar-refractivity contribution in [3.8, 4) is 0 Å². The first-order valence-corrected chi connectivity index (χ1v) is 14.1. The molecule has 1 atom stereocenters. The van der Waals surface area contributed by atoms with Crippen LogP contribution in [0.25, 0.3) is 5.57 Å². The van der Waals surface area contributed by atoms with Crippen LogP contribution in [-0.4, -0.2) is 41.3 Å². The number of ketones is 1. The number of Topliss-reactive ketones (excluding diaryl/α,β-unsaturated/α-hetero) is 1. The summed E-state index contributed by atoms with van der Waals surface area (Å²) in [6.07, 6.45) is 9.39. The predicted molar refractivity (Wildman–Crippen MR) is 135 cm³/mol. The van der Waals surface area contributed by atoms with Crippen molar-refractivity contribution in [2.45, 2.75) is 74.5 Å². The number of ether oxygens (including phenoxy) is 1. The third kappa shape index (κ3) is 5.95. The van der Waals surface area contributed by atoms with Crippen LogP contribution in [0.5, 0.6) is 0 Å². The lowest BCUT2D eigenvalue weighted by atomic mass is 9.95. The van der Waals surface area contributed by atoms with E-state index < -0.39 is 21.7 Å². The highest BCUT2D eigenvalue weighted by Crippen LogP contribution is 2.46. The first kappa shape index (κ1) is 25.3. The van der Waals surface area contributed by atoms with Gasteiger partial charge in [0, 0.05) is 25.3 Å². The van der Waals surface area contributed by atoms with E-state index in [1.807, 2.05) is 12.1 Å². The van der Waals surface area contributed by atoms with E-state index in [2.05, 4.69) is 15.3 Å². The van der Waals surface area contributed by atoms with E-state index >= 15 is 0 Å². The summed E-state index contributed by atoms with van der Waals surface area (Å²) in [6, 6.07) is 5.17. The number of carbonyl (C=O) groups excluding carboxylic acids is 3. The van der Waals surface area contributed by atoms with Gasteiger partial charge >= 0.3 is 5.97 Å². The van der Waals surface area contributed by atoms with Crippen molar-refractivity contribution in [2.75, 3.05) is 5.32 Å². The summed E-state index contributed by atoms with van der Waals surface area (Å²) in [5.74, 6) is -0.344. The molecule has 37 heavy (non-hydrogen) atoms. The van der Waals surface area contributed by atoms with Gasteiger partial charge in [-0.15, -0.1) is 0 Å². The fourth-order valence-corrected chi connectivity index (χ4v) is 6.55. The minimum atomic E-state index is -3.37. The van der Waals surface area contributed by atoms with Crippen LogP contribution in [0.3, 0.4) is 0 Å². The molecule has 0 saturated heterocycles. The second-order valence-electron chi connectivity index (χ2n) is 10.0. The van der Waals surface area contributed by atoms with E-state index in [1.165, 1.54) is 19.3 Å². The zero-order chi connectivity index (χ0) is 26.2. The molecule has 1 unspecified atom stereocenters. The van der Waals surface area contributed by atoms with Gasteiger partial charge in [0.15, 0.2) is 15.7 Å². The van der Waals surface area contributed by atoms with Crippen molar-refractivity contribution in [1.29, 1.82) is 0 Å². The van der Waals surface area contributed by atoms with E-state index in [4.69, 9.17) is 4.74 Å². The molecule has 9 nitrogen and oxygen atoms in total. The monoisotopic (exact) mass is 523 g/mol. The Morgan fingerprint density at radius 3 is 2.49 bits per heavy atom. The normalized spacial score (nSPS) is 20.1. The highest BCUT2D eigenvalue weighted by molar-refractivity contribution is 7.92. The number of aromatic nitrogens is 2. The Balaban J connectivity index is 1.44. The number of sulfone groups is 1. The molecule has 194 valence electrons. The largest absolute Gasteiger partial charge is 0.459 e. The number of carbonyl (C=O) groups is 3. The van der Waals surface area contributed by atoms with Gasteiger partial charge in [0.25, 0.3) is 5.91 Å². The van der Waals surface area contributed by atoms with Crippen LogP contribution in [0.4, 0.5) is 5.82 Å². The Kier molecular flexibility index (Phi) is 6.94. The molecule has 3 fully saturated rings. The van der Waals surface area contributed by atoms with Crippen LogP contribution in [0, 0.1) is 5.92 Å². The number of rotatable bonds is 9. The van der Waals surface area contributed by atoms with Crippen LogP contribution < -0.4 is 5.32 Å². The highest BCUT2D eigenvalue weighted by Gasteiger charge is 2.40. The minimum absolute atomic E-state index is 0.0164. The van der Waals surface area contributed by atoms with Gasteiger partial charge in [-0.25, -0.2) is 13.4 Å². The van der Waals surface area contributed by atoms with E-state index in [-0.39, 0.29) is 35.3 Å². The fraction of sp³-hybridized carbons (Fsp3) is 0.444. The molecule has 1 aromatic heterocycles. The number of amides is 1. The van der Waals surface area contributed by atoms with E-state index in [0.29, 0.717) is 53.8 Å². The summed E-state index contributed by atoms with van der Waals surface area (Å²) >= 11 is 0. The smallest absolute Gasteiger partial charge is 0.303 e. The first-order valence-electron chi connectivity index (χ1n) is 12.6. The number of nitrogens with one attached hydrogen (secondary N) is 1. The average molecular weight is 524 g/mol. The fourth-order valence-electron chi connectivity index (χ4n) is 4.62. The van der Waals surface area contributed by atoms with E-state index in [0.717, 1.165) is 18.4 Å². The topological polar surface area (TPSA) is 132 Å². The number of anilines is 1. The number of benzene rings is 1. The van der Waals surface area contributed by atoms with E-state index in [1.54, 1.807) is 12.1 Å². The number of hydrogen-bond donors (Lipinski definition) is 1. The molecule has 3 aliphatic carbocycles. The molecule has 1 heterocycles. The molecule has 1 aromatic carbocycles. The van der Waals surface area contributed by atoms with E-state index in [9.17, 15) is 22.8 Å². The standard InChI is InChI=1S/C27H29N3O6S/c1-16(31)36-15-20-13-29-26(14-28-20)30-27(33)24(11-17-2-6-21(32)10-17)19-5-9-25(23(12-19)18-3-4-18)37(34,35)22-7-8-22/h5,9,11-14,17-18,22H,2-4,6-8,10,15H2,1H3,(H,29,30,33)/b24-11+. The lowest BCUT2D eigenvalue weighted by Crippen LogP contribution is -2.17. The zero-order valence-electron chi connectivity index (χ0n) is 20.6. The van der Waals surface area contributed by atoms with Gasteiger partial charge in [-0.3, -0.25) is 19.4 Å². The summed E-state index contributed by atoms with van der Waals surface area (Å²) in [6.45, 7) is 1.29. The highest BCUT2D eigenvalue weighted by atomic mass is 32.2. The van der Waals surface area contributed by atoms with Gasteiger partial charge in [0.05, 0.1) is 28.2 Å². The Morgan fingerprint density at radius 2 is 1.89 bits per heavy atom. The van der Waals surface area contributed by atoms with Crippen LogP contribution in [0.2, 0.25) is 0 Å². The van der Waals surface area contributed by atoms with Gasteiger partial charge < -0.3 is 10.1 Å². The maximum Gasteiger partial charge on any atom is 0.303 e. The van der Waals surface area contributed by atoms with Crippen molar-refractivity contribution >= 4 is 38.9 Å². The molecule has 0 spiro atoms. The summed E-state index contributed by atoms with van der Waals surface area (Å²) in [5, 5.41) is 2.46. The second-order valence-corrected chi connectivity index (χ2v) is 12.2. The molecular weight excluding hydrogens is 494 g/mol. The van der Waals surface area contributed by atoms with Gasteiger partial charge in [0.1, 0.15) is 12.4 Å².